The van der Waals surface area contributed by atoms with Crippen LogP contribution in [0.4, 0.5) is 0 Å². The normalized spacial score (nSPS) is 13.1. The zero-order valence-electron chi connectivity index (χ0n) is 13.2. The molecule has 120 valence electrons. The molecule has 0 aliphatic rings. The number of nitrogens with zero attached hydrogens (tertiary/aromatic N) is 2. The molecule has 2 N–H and O–H groups in total. The van der Waals surface area contributed by atoms with Crippen molar-refractivity contribution in [3.8, 4) is 24.7 Å². The fourth-order valence-corrected chi connectivity index (χ4v) is 2.37. The number of rotatable bonds is 10. The van der Waals surface area contributed by atoms with Crippen molar-refractivity contribution in [3.63, 3.8) is 0 Å². The maximum Gasteiger partial charge on any atom is 0.119 e. The number of imidazole rings is 2. The number of aromatic amines is 2. The summed E-state index contributed by atoms with van der Waals surface area (Å²) in [6.45, 7) is 0. The Morgan fingerprint density at radius 2 is 1.39 bits per heavy atom. The molecule has 5 nitrogen and oxygen atoms in total. The number of aromatic nitrogens is 4. The maximum absolute atomic E-state index is 5.86. The summed E-state index contributed by atoms with van der Waals surface area (Å²) in [6.07, 6.45) is 22.9. The lowest BCUT2D eigenvalue weighted by Crippen LogP contribution is -2.20. The Kier molecular flexibility index (Phi) is 6.97. The van der Waals surface area contributed by atoms with E-state index in [9.17, 15) is 0 Å². The molecule has 5 heteroatoms. The van der Waals surface area contributed by atoms with Crippen LogP contribution in [0.5, 0.6) is 0 Å². The topological polar surface area (TPSA) is 66.6 Å². The molecule has 0 amide bonds. The Labute approximate surface area is 137 Å². The largest absolute Gasteiger partial charge is 0.351 e. The van der Waals surface area contributed by atoms with E-state index in [-0.39, 0.29) is 12.2 Å². The lowest BCUT2D eigenvalue weighted by molar-refractivity contribution is 0.0413. The van der Waals surface area contributed by atoms with Crippen LogP contribution in [-0.4, -0.2) is 32.1 Å². The van der Waals surface area contributed by atoms with Crippen molar-refractivity contribution in [2.45, 2.75) is 50.7 Å². The van der Waals surface area contributed by atoms with Crippen LogP contribution in [0.1, 0.15) is 37.1 Å². The highest BCUT2D eigenvalue weighted by molar-refractivity contribution is 5.02. The lowest BCUT2D eigenvalue weighted by Gasteiger charge is -2.17. The van der Waals surface area contributed by atoms with E-state index in [4.69, 9.17) is 17.6 Å². The molecule has 2 aromatic rings. The first-order chi connectivity index (χ1) is 11.3. The monoisotopic (exact) mass is 310 g/mol. The third-order valence-corrected chi connectivity index (χ3v) is 3.61. The number of H-pyrrole nitrogens is 2. The molecule has 0 saturated heterocycles. The second kappa shape index (κ2) is 9.50. The first-order valence-corrected chi connectivity index (χ1v) is 7.85. The quantitative estimate of drug-likeness (QED) is 0.663. The van der Waals surface area contributed by atoms with Crippen LogP contribution in [0.25, 0.3) is 0 Å². The van der Waals surface area contributed by atoms with Gasteiger partial charge in [-0.2, -0.15) is 0 Å². The number of hydrogen-bond acceptors (Lipinski definition) is 3. The smallest absolute Gasteiger partial charge is 0.119 e. The van der Waals surface area contributed by atoms with Gasteiger partial charge in [0.1, 0.15) is 12.2 Å². The van der Waals surface area contributed by atoms with Gasteiger partial charge in [-0.25, -0.2) is 9.97 Å². The summed E-state index contributed by atoms with van der Waals surface area (Å²) in [6, 6.07) is 0. The molecule has 23 heavy (non-hydrogen) atoms. The zero-order chi connectivity index (χ0) is 16.3. The molecule has 0 saturated carbocycles. The van der Waals surface area contributed by atoms with Crippen molar-refractivity contribution in [2.24, 2.45) is 0 Å². The average Bonchev–Trinajstić information content (AvgIpc) is 3.26. The Morgan fingerprint density at radius 3 is 1.74 bits per heavy atom. The van der Waals surface area contributed by atoms with E-state index in [0.29, 0.717) is 0 Å². The van der Waals surface area contributed by atoms with Gasteiger partial charge in [-0.3, -0.25) is 0 Å². The van der Waals surface area contributed by atoms with Crippen LogP contribution in [0.3, 0.4) is 0 Å². The van der Waals surface area contributed by atoms with E-state index < -0.39 is 0 Å². The van der Waals surface area contributed by atoms with E-state index in [1.54, 1.807) is 12.7 Å². The molecule has 0 aliphatic carbocycles. The highest BCUT2D eigenvalue weighted by atomic mass is 16.5. The van der Waals surface area contributed by atoms with Gasteiger partial charge in [0.05, 0.1) is 24.0 Å². The minimum absolute atomic E-state index is 0.250. The van der Waals surface area contributed by atoms with Gasteiger partial charge >= 0.3 is 0 Å². The Hall–Kier alpha value is -2.50. The molecule has 2 atom stereocenters. The highest BCUT2D eigenvalue weighted by Gasteiger charge is 2.13. The summed E-state index contributed by atoms with van der Waals surface area (Å²) >= 11 is 0. The number of terminal acetylenes is 2. The molecule has 0 aliphatic heterocycles. The molecule has 0 bridgehead atoms. The van der Waals surface area contributed by atoms with Crippen molar-refractivity contribution in [1.82, 2.24) is 19.9 Å². The van der Waals surface area contributed by atoms with Crippen LogP contribution in [0.2, 0.25) is 0 Å². The summed E-state index contributed by atoms with van der Waals surface area (Å²) in [7, 11) is 0. The molecule has 0 aromatic carbocycles. The number of aryl methyl sites for hydroxylation is 2. The van der Waals surface area contributed by atoms with Gasteiger partial charge in [-0.05, 0) is 38.5 Å². The third-order valence-electron chi connectivity index (χ3n) is 3.61. The predicted octanol–water partition coefficient (Wildman–Crippen LogP) is 2.50. The SMILES string of the molecule is C#CC(CCCc1c[nH]cn1)OC(C#C)CCCc1c[nH]cn1. The van der Waals surface area contributed by atoms with Crippen molar-refractivity contribution in [2.75, 3.05) is 0 Å². The summed E-state index contributed by atoms with van der Waals surface area (Å²) in [5, 5.41) is 0. The maximum atomic E-state index is 5.86. The number of nitrogens with one attached hydrogen (secondary N) is 2. The zero-order valence-corrected chi connectivity index (χ0v) is 13.2. The van der Waals surface area contributed by atoms with Gasteiger partial charge in [0, 0.05) is 12.4 Å². The van der Waals surface area contributed by atoms with Crippen molar-refractivity contribution >= 4 is 0 Å². The van der Waals surface area contributed by atoms with Crippen molar-refractivity contribution < 1.29 is 4.74 Å². The predicted molar refractivity (Wildman–Crippen MR) is 89.4 cm³/mol. The van der Waals surface area contributed by atoms with E-state index in [2.05, 4.69) is 31.8 Å². The summed E-state index contributed by atoms with van der Waals surface area (Å²) in [5.41, 5.74) is 2.07. The minimum atomic E-state index is -0.250. The molecular formula is C18H22N4O. The number of hydrogen-bond donors (Lipinski definition) is 2. The molecular weight excluding hydrogens is 288 g/mol. The Morgan fingerprint density at radius 1 is 0.913 bits per heavy atom. The third kappa shape index (κ3) is 6.02. The second-order valence-electron chi connectivity index (χ2n) is 5.35. The van der Waals surface area contributed by atoms with Gasteiger partial charge in [-0.1, -0.05) is 11.8 Å². The summed E-state index contributed by atoms with van der Waals surface area (Å²) in [5.74, 6) is 5.38. The standard InChI is InChI=1S/C18H22N4O/c1-3-17(9-5-7-15-11-19-13-21-15)23-18(4-2)10-6-8-16-12-20-14-22-16/h1-2,11-14,17-18H,5-10H2,(H,19,21)(H,20,22). The molecule has 2 unspecified atom stereocenters. The minimum Gasteiger partial charge on any atom is -0.351 e. The van der Waals surface area contributed by atoms with Crippen LogP contribution in [0.15, 0.2) is 25.0 Å². The molecule has 2 aromatic heterocycles. The molecule has 2 rings (SSSR count). The highest BCUT2D eigenvalue weighted by Crippen LogP contribution is 2.12. The first-order valence-electron chi connectivity index (χ1n) is 7.85. The lowest BCUT2D eigenvalue weighted by atomic mass is 10.1. The first kappa shape index (κ1) is 16.9. The van der Waals surface area contributed by atoms with Gasteiger partial charge in [0.15, 0.2) is 0 Å². The van der Waals surface area contributed by atoms with E-state index in [1.807, 2.05) is 12.4 Å². The van der Waals surface area contributed by atoms with Crippen LogP contribution >= 0.6 is 0 Å². The molecule has 2 heterocycles. The number of ether oxygens (including phenoxy) is 1. The van der Waals surface area contributed by atoms with Crippen molar-refractivity contribution in [1.29, 1.82) is 0 Å². The van der Waals surface area contributed by atoms with Crippen molar-refractivity contribution in [3.05, 3.63) is 36.4 Å². The van der Waals surface area contributed by atoms with Gasteiger partial charge < -0.3 is 14.7 Å². The van der Waals surface area contributed by atoms with Crippen LogP contribution < -0.4 is 0 Å². The Balaban J connectivity index is 1.68. The van der Waals surface area contributed by atoms with E-state index in [0.717, 1.165) is 49.9 Å². The molecule has 0 radical (unpaired) electrons. The fourth-order valence-electron chi connectivity index (χ4n) is 2.37. The molecule has 0 spiro atoms. The second-order valence-corrected chi connectivity index (χ2v) is 5.35. The summed E-state index contributed by atoms with van der Waals surface area (Å²) < 4.78 is 5.86. The van der Waals surface area contributed by atoms with Crippen LogP contribution in [-0.2, 0) is 17.6 Å². The average molecular weight is 310 g/mol. The van der Waals surface area contributed by atoms with Gasteiger partial charge in [-0.15, -0.1) is 12.8 Å². The van der Waals surface area contributed by atoms with E-state index >= 15 is 0 Å². The summed E-state index contributed by atoms with van der Waals surface area (Å²) in [4.78, 5) is 14.3. The van der Waals surface area contributed by atoms with Gasteiger partial charge in [0.2, 0.25) is 0 Å². The fraction of sp³-hybridized carbons (Fsp3) is 0.444. The van der Waals surface area contributed by atoms with Crippen LogP contribution in [0, 0.1) is 24.7 Å². The van der Waals surface area contributed by atoms with Gasteiger partial charge in [0.25, 0.3) is 0 Å². The Bertz CT molecular complexity index is 563. The van der Waals surface area contributed by atoms with E-state index in [1.165, 1.54) is 0 Å². The molecule has 0 fully saturated rings.